The van der Waals surface area contributed by atoms with Crippen molar-refractivity contribution in [2.45, 2.75) is 25.7 Å². The molecule has 0 nitrogen and oxygen atoms in total. The van der Waals surface area contributed by atoms with Gasteiger partial charge in [-0.3, -0.25) is 0 Å². The maximum Gasteiger partial charge on any atom is 0.142 e. The highest BCUT2D eigenvalue weighted by atomic mass is 35.5. The number of hydrogen-bond acceptors (Lipinski definition) is 0. The van der Waals surface area contributed by atoms with Crippen molar-refractivity contribution in [2.75, 3.05) is 5.88 Å². The van der Waals surface area contributed by atoms with Crippen LogP contribution in [-0.4, -0.2) is 5.88 Å². The fourth-order valence-electron chi connectivity index (χ4n) is 3.40. The van der Waals surface area contributed by atoms with E-state index in [-0.39, 0.29) is 16.3 Å². The first-order valence-corrected chi connectivity index (χ1v) is 7.04. The predicted octanol–water partition coefficient (Wildman–Crippen LogP) is 4.68. The molecule has 0 bridgehead atoms. The predicted molar refractivity (Wildman–Crippen MR) is 69.1 cm³/mol. The molecule has 2 fully saturated rings. The molecule has 0 N–H and O–H groups in total. The lowest BCUT2D eigenvalue weighted by molar-refractivity contribution is 0.303. The molecule has 1 aromatic carbocycles. The van der Waals surface area contributed by atoms with Gasteiger partial charge >= 0.3 is 0 Å². The first-order chi connectivity index (χ1) is 8.13. The molecule has 0 amide bonds. The maximum atomic E-state index is 13.4. The molecule has 0 heterocycles. The van der Waals surface area contributed by atoms with Gasteiger partial charge in [0.1, 0.15) is 5.82 Å². The average Bonchev–Trinajstić information content (AvgIpc) is 2.94. The molecular formula is C14H15Cl2F. The quantitative estimate of drug-likeness (QED) is 0.701. The van der Waals surface area contributed by atoms with Crippen LogP contribution in [0, 0.1) is 23.1 Å². The molecule has 2 unspecified atom stereocenters. The van der Waals surface area contributed by atoms with Crippen LogP contribution in [0.3, 0.4) is 0 Å². The zero-order valence-corrected chi connectivity index (χ0v) is 11.1. The van der Waals surface area contributed by atoms with Gasteiger partial charge < -0.3 is 0 Å². The highest BCUT2D eigenvalue weighted by Crippen LogP contribution is 2.61. The van der Waals surface area contributed by atoms with Crippen molar-refractivity contribution in [3.8, 4) is 0 Å². The molecule has 0 aliphatic heterocycles. The van der Waals surface area contributed by atoms with Gasteiger partial charge in [0.2, 0.25) is 0 Å². The van der Waals surface area contributed by atoms with Gasteiger partial charge in [-0.2, -0.15) is 0 Å². The molecule has 0 aromatic heterocycles. The normalized spacial score (nSPS) is 34.8. The van der Waals surface area contributed by atoms with E-state index in [1.165, 1.54) is 25.3 Å². The fraction of sp³-hybridized carbons (Fsp3) is 0.571. The number of halogens is 3. The van der Waals surface area contributed by atoms with E-state index in [0.29, 0.717) is 5.88 Å². The van der Waals surface area contributed by atoms with Crippen LogP contribution in [0.1, 0.15) is 24.8 Å². The molecule has 0 saturated heterocycles. The van der Waals surface area contributed by atoms with Crippen LogP contribution in [0.4, 0.5) is 4.39 Å². The van der Waals surface area contributed by atoms with E-state index in [9.17, 15) is 4.39 Å². The van der Waals surface area contributed by atoms with E-state index >= 15 is 0 Å². The summed E-state index contributed by atoms with van der Waals surface area (Å²) in [4.78, 5) is 0. The Morgan fingerprint density at radius 2 is 2.00 bits per heavy atom. The number of benzene rings is 1. The monoisotopic (exact) mass is 272 g/mol. The van der Waals surface area contributed by atoms with Crippen molar-refractivity contribution in [3.05, 3.63) is 34.6 Å². The van der Waals surface area contributed by atoms with Crippen molar-refractivity contribution in [3.63, 3.8) is 0 Å². The Hall–Kier alpha value is -0.270. The molecule has 1 aromatic rings. The summed E-state index contributed by atoms with van der Waals surface area (Å²) in [6.07, 6.45) is 4.57. The van der Waals surface area contributed by atoms with Crippen molar-refractivity contribution in [2.24, 2.45) is 17.3 Å². The van der Waals surface area contributed by atoms with Gasteiger partial charge in [-0.15, -0.1) is 11.6 Å². The second-order valence-corrected chi connectivity index (χ2v) is 6.33. The van der Waals surface area contributed by atoms with Crippen molar-refractivity contribution >= 4 is 23.2 Å². The number of fused-ring (bicyclic) bond motifs is 1. The molecule has 0 radical (unpaired) electrons. The second kappa shape index (κ2) is 4.13. The Balaban J connectivity index is 1.83. The largest absolute Gasteiger partial charge is 0.205 e. The third-order valence-electron chi connectivity index (χ3n) is 4.34. The highest BCUT2D eigenvalue weighted by Gasteiger charge is 2.53. The van der Waals surface area contributed by atoms with Crippen LogP contribution >= 0.6 is 23.2 Å². The van der Waals surface area contributed by atoms with Gasteiger partial charge in [0, 0.05) is 5.88 Å². The number of rotatable bonds is 3. The molecular weight excluding hydrogens is 258 g/mol. The fourth-order valence-corrected chi connectivity index (χ4v) is 3.90. The van der Waals surface area contributed by atoms with E-state index in [0.717, 1.165) is 23.8 Å². The van der Waals surface area contributed by atoms with Gasteiger partial charge in [-0.25, -0.2) is 4.39 Å². The summed E-state index contributed by atoms with van der Waals surface area (Å²) in [5, 5.41) is 0.276. The van der Waals surface area contributed by atoms with E-state index in [1.807, 2.05) is 6.07 Å². The standard InChI is InChI=1S/C14H15Cl2F/c15-8-14(6-10-4-11(10)7-14)5-9-2-1-3-12(17)13(9)16/h1-3,10-11H,4-8H2. The Morgan fingerprint density at radius 1 is 1.29 bits per heavy atom. The van der Waals surface area contributed by atoms with Crippen LogP contribution in [-0.2, 0) is 6.42 Å². The topological polar surface area (TPSA) is 0 Å². The van der Waals surface area contributed by atoms with E-state index < -0.39 is 0 Å². The molecule has 2 saturated carbocycles. The van der Waals surface area contributed by atoms with Gasteiger partial charge in [-0.05, 0) is 54.6 Å². The Bertz CT molecular complexity index is 434. The Morgan fingerprint density at radius 3 is 2.65 bits per heavy atom. The molecule has 0 spiro atoms. The second-order valence-electron chi connectivity index (χ2n) is 5.69. The molecule has 17 heavy (non-hydrogen) atoms. The van der Waals surface area contributed by atoms with E-state index in [1.54, 1.807) is 6.07 Å². The summed E-state index contributed by atoms with van der Waals surface area (Å²) in [5.74, 6) is 2.09. The van der Waals surface area contributed by atoms with Crippen molar-refractivity contribution in [1.82, 2.24) is 0 Å². The summed E-state index contributed by atoms with van der Waals surface area (Å²) < 4.78 is 13.4. The Labute approximate surface area is 111 Å². The first-order valence-electron chi connectivity index (χ1n) is 6.12. The molecule has 3 rings (SSSR count). The molecule has 2 aliphatic carbocycles. The lowest BCUT2D eigenvalue weighted by atomic mass is 9.79. The molecule has 2 aliphatic rings. The SMILES string of the molecule is Fc1cccc(CC2(CCl)CC3CC3C2)c1Cl. The minimum absolute atomic E-state index is 0.159. The van der Waals surface area contributed by atoms with E-state index in [4.69, 9.17) is 23.2 Å². The minimum atomic E-state index is -0.322. The third kappa shape index (κ3) is 2.08. The van der Waals surface area contributed by atoms with Gasteiger partial charge in [-0.1, -0.05) is 23.7 Å². The summed E-state index contributed by atoms with van der Waals surface area (Å²) >= 11 is 12.2. The summed E-state index contributed by atoms with van der Waals surface area (Å²) in [6, 6.07) is 5.06. The van der Waals surface area contributed by atoms with Gasteiger partial charge in [0.15, 0.2) is 0 Å². The molecule has 2 atom stereocenters. The zero-order chi connectivity index (χ0) is 12.0. The van der Waals surface area contributed by atoms with Crippen LogP contribution in [0.5, 0.6) is 0 Å². The van der Waals surface area contributed by atoms with Crippen LogP contribution in [0.2, 0.25) is 5.02 Å². The molecule has 92 valence electrons. The third-order valence-corrected chi connectivity index (χ3v) is 5.33. The number of hydrogen-bond donors (Lipinski definition) is 0. The van der Waals surface area contributed by atoms with Gasteiger partial charge in [0.05, 0.1) is 5.02 Å². The van der Waals surface area contributed by atoms with Crippen molar-refractivity contribution in [1.29, 1.82) is 0 Å². The lowest BCUT2D eigenvalue weighted by Gasteiger charge is -2.29. The smallest absolute Gasteiger partial charge is 0.142 e. The highest BCUT2D eigenvalue weighted by molar-refractivity contribution is 6.31. The Kier molecular flexibility index (Phi) is 2.87. The lowest BCUT2D eigenvalue weighted by Crippen LogP contribution is -2.24. The first kappa shape index (κ1) is 11.8. The van der Waals surface area contributed by atoms with E-state index in [2.05, 4.69) is 0 Å². The van der Waals surface area contributed by atoms with Crippen molar-refractivity contribution < 1.29 is 4.39 Å². The maximum absolute atomic E-state index is 13.4. The average molecular weight is 273 g/mol. The van der Waals surface area contributed by atoms with Crippen LogP contribution in [0.25, 0.3) is 0 Å². The van der Waals surface area contributed by atoms with Crippen LogP contribution in [0.15, 0.2) is 18.2 Å². The molecule has 3 heteroatoms. The summed E-state index contributed by atoms with van der Waals surface area (Å²) in [6.45, 7) is 0. The summed E-state index contributed by atoms with van der Waals surface area (Å²) in [7, 11) is 0. The number of alkyl halides is 1. The summed E-state index contributed by atoms with van der Waals surface area (Å²) in [5.41, 5.74) is 1.07. The zero-order valence-electron chi connectivity index (χ0n) is 9.56. The van der Waals surface area contributed by atoms with Gasteiger partial charge in [0.25, 0.3) is 0 Å². The minimum Gasteiger partial charge on any atom is -0.205 e. The van der Waals surface area contributed by atoms with Crippen LogP contribution < -0.4 is 0 Å².